The molecule has 1 aliphatic heterocycles. The fourth-order valence-electron chi connectivity index (χ4n) is 4.51. The van der Waals surface area contributed by atoms with Crippen molar-refractivity contribution in [1.82, 2.24) is 28.9 Å². The van der Waals surface area contributed by atoms with Crippen LogP contribution < -0.4 is 20.7 Å². The summed E-state index contributed by atoms with van der Waals surface area (Å²) in [5.74, 6) is 2.48. The number of hydrogen-bond acceptors (Lipinski definition) is 7. The number of imidazole rings is 1. The number of fused-ring (bicyclic) bond motifs is 1. The summed E-state index contributed by atoms with van der Waals surface area (Å²) in [6.07, 6.45) is 1.81. The average molecular weight is 471 g/mol. The Morgan fingerprint density at radius 3 is 2.38 bits per heavy atom. The first-order valence-corrected chi connectivity index (χ1v) is 11.8. The van der Waals surface area contributed by atoms with Crippen LogP contribution in [0.5, 0.6) is 11.5 Å². The van der Waals surface area contributed by atoms with E-state index in [2.05, 4.69) is 21.7 Å². The van der Waals surface area contributed by atoms with Crippen LogP contribution in [0.4, 0.5) is 0 Å². The van der Waals surface area contributed by atoms with Crippen LogP contribution in [-0.4, -0.2) is 69.3 Å². The van der Waals surface area contributed by atoms with Crippen LogP contribution in [0.3, 0.4) is 0 Å². The van der Waals surface area contributed by atoms with Gasteiger partial charge in [0.2, 0.25) is 0 Å². The normalized spacial score (nSPS) is 15.2. The number of H-pyrrole nitrogens is 1. The fourth-order valence-corrected chi connectivity index (χ4v) is 4.51. The van der Waals surface area contributed by atoms with Gasteiger partial charge in [-0.1, -0.05) is 13.3 Å². The van der Waals surface area contributed by atoms with Gasteiger partial charge in [-0.05, 0) is 24.6 Å². The third-order valence-electron chi connectivity index (χ3n) is 6.55. The van der Waals surface area contributed by atoms with Crippen molar-refractivity contribution in [2.45, 2.75) is 39.4 Å². The standard InChI is InChI=1S/C24H34N6O4/c1-5-6-9-30-22-21(23(31)26-24(30)32)27(2)20(25-22)16-29-12-10-28(11-13-29)15-17-14-18(33-3)7-8-19(17)34-4/h7-8,14H,5-6,9-13,15-16H2,1-4H3,(H,26,31,32). The van der Waals surface area contributed by atoms with E-state index in [1.54, 1.807) is 18.8 Å². The molecular formula is C24H34N6O4. The van der Waals surface area contributed by atoms with E-state index in [0.29, 0.717) is 24.3 Å². The molecule has 0 aliphatic carbocycles. The van der Waals surface area contributed by atoms with Crippen LogP contribution in [-0.2, 0) is 26.7 Å². The molecule has 1 fully saturated rings. The van der Waals surface area contributed by atoms with Crippen molar-refractivity contribution in [3.05, 3.63) is 50.4 Å². The number of aromatic amines is 1. The second-order valence-electron chi connectivity index (χ2n) is 8.75. The third kappa shape index (κ3) is 4.88. The summed E-state index contributed by atoms with van der Waals surface area (Å²) in [6, 6.07) is 5.88. The molecule has 10 nitrogen and oxygen atoms in total. The molecule has 0 bridgehead atoms. The minimum Gasteiger partial charge on any atom is -0.497 e. The predicted molar refractivity (Wildman–Crippen MR) is 131 cm³/mol. The molecule has 10 heteroatoms. The van der Waals surface area contributed by atoms with E-state index >= 15 is 0 Å². The molecule has 0 spiro atoms. The Morgan fingerprint density at radius 2 is 1.74 bits per heavy atom. The number of rotatable bonds is 9. The second kappa shape index (κ2) is 10.4. The Balaban J connectivity index is 1.46. The van der Waals surface area contributed by atoms with Gasteiger partial charge in [0.25, 0.3) is 5.56 Å². The molecule has 0 amide bonds. The average Bonchev–Trinajstić information content (AvgIpc) is 3.16. The molecule has 1 saturated heterocycles. The minimum atomic E-state index is -0.391. The molecule has 34 heavy (non-hydrogen) atoms. The first-order chi connectivity index (χ1) is 16.4. The van der Waals surface area contributed by atoms with Gasteiger partial charge in [-0.25, -0.2) is 9.78 Å². The Bertz CT molecular complexity index is 1250. The SMILES string of the molecule is CCCCn1c(=O)[nH]c(=O)c2c1nc(CN1CCN(Cc3cc(OC)ccc3OC)CC1)n2C. The first kappa shape index (κ1) is 24.0. The quantitative estimate of drug-likeness (QED) is 0.507. The second-order valence-corrected chi connectivity index (χ2v) is 8.75. The molecule has 0 unspecified atom stereocenters. The Morgan fingerprint density at radius 1 is 1.03 bits per heavy atom. The lowest BCUT2D eigenvalue weighted by molar-refractivity contribution is 0.118. The highest BCUT2D eigenvalue weighted by Crippen LogP contribution is 2.26. The van der Waals surface area contributed by atoms with Crippen molar-refractivity contribution in [3.8, 4) is 11.5 Å². The largest absolute Gasteiger partial charge is 0.497 e. The highest BCUT2D eigenvalue weighted by molar-refractivity contribution is 5.70. The predicted octanol–water partition coefficient (Wildman–Crippen LogP) is 1.56. The number of piperazine rings is 1. The molecule has 1 aliphatic rings. The molecule has 184 valence electrons. The van der Waals surface area contributed by atoms with Crippen LogP contribution >= 0.6 is 0 Å². The first-order valence-electron chi connectivity index (χ1n) is 11.8. The lowest BCUT2D eigenvalue weighted by Gasteiger charge is -2.34. The van der Waals surface area contributed by atoms with Gasteiger partial charge >= 0.3 is 5.69 Å². The highest BCUT2D eigenvalue weighted by Gasteiger charge is 2.22. The van der Waals surface area contributed by atoms with Gasteiger partial charge in [0.1, 0.15) is 17.3 Å². The fraction of sp³-hybridized carbons (Fsp3) is 0.542. The number of nitrogens with one attached hydrogen (secondary N) is 1. The van der Waals surface area contributed by atoms with Gasteiger partial charge in [-0.15, -0.1) is 0 Å². The zero-order valence-electron chi connectivity index (χ0n) is 20.5. The van der Waals surface area contributed by atoms with Gasteiger partial charge < -0.3 is 14.0 Å². The molecule has 0 atom stereocenters. The van der Waals surface area contributed by atoms with E-state index in [4.69, 9.17) is 14.5 Å². The van der Waals surface area contributed by atoms with E-state index in [9.17, 15) is 9.59 Å². The summed E-state index contributed by atoms with van der Waals surface area (Å²) in [4.78, 5) is 36.8. The van der Waals surface area contributed by atoms with Gasteiger partial charge in [-0.3, -0.25) is 24.1 Å². The number of nitrogens with zero attached hydrogens (tertiary/aromatic N) is 5. The van der Waals surface area contributed by atoms with Crippen molar-refractivity contribution in [3.63, 3.8) is 0 Å². The highest BCUT2D eigenvalue weighted by atomic mass is 16.5. The molecule has 3 heterocycles. The molecular weight excluding hydrogens is 436 g/mol. The maximum absolute atomic E-state index is 12.5. The molecule has 3 aromatic rings. The van der Waals surface area contributed by atoms with E-state index in [1.165, 1.54) is 0 Å². The smallest absolute Gasteiger partial charge is 0.330 e. The van der Waals surface area contributed by atoms with Crippen LogP contribution in [0.2, 0.25) is 0 Å². The topological polar surface area (TPSA) is 97.6 Å². The number of aromatic nitrogens is 4. The van der Waals surface area contributed by atoms with Crippen molar-refractivity contribution in [2.24, 2.45) is 7.05 Å². The van der Waals surface area contributed by atoms with Crippen LogP contribution in [0.15, 0.2) is 27.8 Å². The molecule has 0 radical (unpaired) electrons. The van der Waals surface area contributed by atoms with Gasteiger partial charge in [0.15, 0.2) is 11.2 Å². The minimum absolute atomic E-state index is 0.383. The van der Waals surface area contributed by atoms with E-state index in [-0.39, 0.29) is 5.56 Å². The maximum Gasteiger partial charge on any atom is 0.330 e. The van der Waals surface area contributed by atoms with E-state index < -0.39 is 5.69 Å². The van der Waals surface area contributed by atoms with Crippen LogP contribution in [0.25, 0.3) is 11.2 Å². The van der Waals surface area contributed by atoms with Gasteiger partial charge in [0, 0.05) is 51.9 Å². The zero-order valence-corrected chi connectivity index (χ0v) is 20.5. The van der Waals surface area contributed by atoms with Crippen LogP contribution in [0.1, 0.15) is 31.2 Å². The van der Waals surface area contributed by atoms with E-state index in [0.717, 1.165) is 68.5 Å². The summed E-state index contributed by atoms with van der Waals surface area (Å²) in [7, 11) is 5.20. The molecule has 1 aromatic carbocycles. The molecule has 1 N–H and O–H groups in total. The lowest BCUT2D eigenvalue weighted by atomic mass is 10.1. The summed E-state index contributed by atoms with van der Waals surface area (Å²) >= 11 is 0. The molecule has 2 aromatic heterocycles. The number of hydrogen-bond donors (Lipinski definition) is 1. The summed E-state index contributed by atoms with van der Waals surface area (Å²) < 4.78 is 14.3. The lowest BCUT2D eigenvalue weighted by Crippen LogP contribution is -2.45. The third-order valence-corrected chi connectivity index (χ3v) is 6.55. The van der Waals surface area contributed by atoms with Crippen molar-refractivity contribution >= 4 is 11.2 Å². The zero-order chi connectivity index (χ0) is 24.2. The Labute approximate surface area is 198 Å². The van der Waals surface area contributed by atoms with Crippen LogP contribution in [0, 0.1) is 0 Å². The molecule has 0 saturated carbocycles. The van der Waals surface area contributed by atoms with Gasteiger partial charge in [-0.2, -0.15) is 0 Å². The summed E-state index contributed by atoms with van der Waals surface area (Å²) in [6.45, 7) is 7.62. The van der Waals surface area contributed by atoms with Crippen molar-refractivity contribution in [1.29, 1.82) is 0 Å². The monoisotopic (exact) mass is 470 g/mol. The van der Waals surface area contributed by atoms with Crippen molar-refractivity contribution in [2.75, 3.05) is 40.4 Å². The van der Waals surface area contributed by atoms with Crippen molar-refractivity contribution < 1.29 is 9.47 Å². The Kier molecular flexibility index (Phi) is 7.38. The van der Waals surface area contributed by atoms with E-state index in [1.807, 2.05) is 29.8 Å². The number of benzene rings is 1. The number of ether oxygens (including phenoxy) is 2. The Hall–Kier alpha value is -3.11. The number of aryl methyl sites for hydroxylation is 2. The number of unbranched alkanes of at least 4 members (excludes halogenated alkanes) is 1. The summed E-state index contributed by atoms with van der Waals surface area (Å²) in [5.41, 5.74) is 1.26. The maximum atomic E-state index is 12.5. The summed E-state index contributed by atoms with van der Waals surface area (Å²) in [5, 5.41) is 0. The van der Waals surface area contributed by atoms with Gasteiger partial charge in [0.05, 0.1) is 20.8 Å². The molecule has 4 rings (SSSR count). The number of methoxy groups -OCH3 is 2.